The molecule has 0 amide bonds. The van der Waals surface area contributed by atoms with E-state index in [4.69, 9.17) is 9.63 Å². The molecular weight excluding hydrogens is 258 g/mol. The molecule has 2 heterocycles. The summed E-state index contributed by atoms with van der Waals surface area (Å²) in [5.74, 6) is -1.06. The van der Waals surface area contributed by atoms with Crippen LogP contribution in [0, 0.1) is 0 Å². The predicted octanol–water partition coefficient (Wildman–Crippen LogP) is 1.44. The maximum atomic E-state index is 10.9. The van der Waals surface area contributed by atoms with Gasteiger partial charge in [0.25, 0.3) is 5.82 Å². The van der Waals surface area contributed by atoms with E-state index in [9.17, 15) is 4.79 Å². The second kappa shape index (κ2) is 5.05. The lowest BCUT2D eigenvalue weighted by Gasteiger charge is -2.34. The van der Waals surface area contributed by atoms with Gasteiger partial charge in [-0.15, -0.1) is 0 Å². The summed E-state index contributed by atoms with van der Waals surface area (Å²) in [6, 6.07) is 9.93. The Labute approximate surface area is 115 Å². The molecule has 6 nitrogen and oxygen atoms in total. The third-order valence-electron chi connectivity index (χ3n) is 3.81. The lowest BCUT2D eigenvalue weighted by molar-refractivity contribution is 0.0680. The fourth-order valence-electron chi connectivity index (χ4n) is 2.74. The van der Waals surface area contributed by atoms with Crippen LogP contribution in [-0.4, -0.2) is 34.3 Å². The van der Waals surface area contributed by atoms with Crippen LogP contribution < -0.4 is 5.32 Å². The van der Waals surface area contributed by atoms with Crippen LogP contribution in [0.1, 0.15) is 34.9 Å². The Bertz CT molecular complexity index is 603. The minimum Gasteiger partial charge on any atom is -0.475 e. The molecule has 0 radical (unpaired) electrons. The molecule has 1 aromatic heterocycles. The normalized spacial score (nSPS) is 17.8. The summed E-state index contributed by atoms with van der Waals surface area (Å²) in [7, 11) is 0. The minimum absolute atomic E-state index is 0.283. The fraction of sp³-hybridized carbons (Fsp3) is 0.357. The van der Waals surface area contributed by atoms with Crippen LogP contribution in [-0.2, 0) is 5.41 Å². The van der Waals surface area contributed by atoms with Crippen LogP contribution in [0.5, 0.6) is 0 Å². The Morgan fingerprint density at radius 1 is 1.25 bits per heavy atom. The van der Waals surface area contributed by atoms with E-state index in [0.717, 1.165) is 31.5 Å². The highest BCUT2D eigenvalue weighted by Crippen LogP contribution is 2.39. The summed E-state index contributed by atoms with van der Waals surface area (Å²) in [6.07, 6.45) is 1.61. The number of piperidine rings is 1. The van der Waals surface area contributed by atoms with E-state index < -0.39 is 11.4 Å². The van der Waals surface area contributed by atoms with Crippen LogP contribution in [0.4, 0.5) is 0 Å². The van der Waals surface area contributed by atoms with Gasteiger partial charge in [-0.25, -0.2) is 4.79 Å². The molecule has 2 N–H and O–H groups in total. The zero-order chi connectivity index (χ0) is 14.0. The number of hydrogen-bond donors (Lipinski definition) is 2. The van der Waals surface area contributed by atoms with Gasteiger partial charge in [0.1, 0.15) is 0 Å². The quantitative estimate of drug-likeness (QED) is 0.879. The van der Waals surface area contributed by atoms with E-state index in [0.29, 0.717) is 5.89 Å². The molecule has 1 aliphatic rings. The number of benzene rings is 1. The Morgan fingerprint density at radius 2 is 1.95 bits per heavy atom. The Balaban J connectivity index is 2.07. The Morgan fingerprint density at radius 3 is 2.55 bits per heavy atom. The topological polar surface area (TPSA) is 88.2 Å². The van der Waals surface area contributed by atoms with Gasteiger partial charge in [-0.3, -0.25) is 0 Å². The molecule has 0 aliphatic carbocycles. The number of hydrogen-bond acceptors (Lipinski definition) is 5. The van der Waals surface area contributed by atoms with Crippen molar-refractivity contribution in [2.75, 3.05) is 13.1 Å². The smallest absolute Gasteiger partial charge is 0.377 e. The zero-order valence-corrected chi connectivity index (χ0v) is 10.9. The standard InChI is InChI=1S/C14H15N3O3/c18-12(19)11-16-13(20-17-11)14(6-8-15-9-7-14)10-4-2-1-3-5-10/h1-5,15H,6-9H2,(H,18,19). The maximum absolute atomic E-state index is 10.9. The van der Waals surface area contributed by atoms with Crippen LogP contribution in [0.15, 0.2) is 34.9 Å². The molecule has 104 valence electrons. The van der Waals surface area contributed by atoms with Crippen LogP contribution in [0.2, 0.25) is 0 Å². The lowest BCUT2D eigenvalue weighted by Crippen LogP contribution is -2.41. The number of carboxylic acid groups (broad SMARTS) is 1. The van der Waals surface area contributed by atoms with Crippen molar-refractivity contribution in [3.8, 4) is 0 Å². The lowest BCUT2D eigenvalue weighted by atomic mass is 9.73. The van der Waals surface area contributed by atoms with Crippen molar-refractivity contribution in [3.63, 3.8) is 0 Å². The fourth-order valence-corrected chi connectivity index (χ4v) is 2.74. The number of aromatic nitrogens is 2. The number of carbonyl (C=O) groups is 1. The van der Waals surface area contributed by atoms with Gasteiger partial charge in [0.05, 0.1) is 5.41 Å². The molecule has 0 unspecified atom stereocenters. The van der Waals surface area contributed by atoms with E-state index in [-0.39, 0.29) is 5.82 Å². The largest absolute Gasteiger partial charge is 0.475 e. The Kier molecular flexibility index (Phi) is 3.23. The van der Waals surface area contributed by atoms with Gasteiger partial charge in [-0.05, 0) is 36.7 Å². The molecule has 0 atom stereocenters. The van der Waals surface area contributed by atoms with Crippen LogP contribution in [0.3, 0.4) is 0 Å². The minimum atomic E-state index is -1.17. The summed E-state index contributed by atoms with van der Waals surface area (Å²) in [5, 5.41) is 15.8. The van der Waals surface area contributed by atoms with E-state index in [1.54, 1.807) is 0 Å². The van der Waals surface area contributed by atoms with Gasteiger partial charge in [0.15, 0.2) is 0 Å². The molecule has 0 spiro atoms. The first-order chi connectivity index (χ1) is 9.72. The van der Waals surface area contributed by atoms with Gasteiger partial charge in [0.2, 0.25) is 5.89 Å². The van der Waals surface area contributed by atoms with Gasteiger partial charge < -0.3 is 14.9 Å². The van der Waals surface area contributed by atoms with E-state index >= 15 is 0 Å². The predicted molar refractivity (Wildman–Crippen MR) is 70.6 cm³/mol. The number of nitrogens with zero attached hydrogens (tertiary/aromatic N) is 2. The number of nitrogens with one attached hydrogen (secondary N) is 1. The van der Waals surface area contributed by atoms with Crippen molar-refractivity contribution in [2.45, 2.75) is 18.3 Å². The molecular formula is C14H15N3O3. The van der Waals surface area contributed by atoms with Crippen molar-refractivity contribution >= 4 is 5.97 Å². The first-order valence-electron chi connectivity index (χ1n) is 6.56. The molecule has 0 bridgehead atoms. The molecule has 1 aromatic carbocycles. The number of rotatable bonds is 3. The first kappa shape index (κ1) is 12.8. The van der Waals surface area contributed by atoms with Gasteiger partial charge in [0, 0.05) is 0 Å². The van der Waals surface area contributed by atoms with Crippen molar-refractivity contribution in [3.05, 3.63) is 47.6 Å². The van der Waals surface area contributed by atoms with E-state index in [2.05, 4.69) is 15.5 Å². The molecule has 2 aromatic rings. The number of aromatic carboxylic acids is 1. The molecule has 1 saturated heterocycles. The van der Waals surface area contributed by atoms with Crippen molar-refractivity contribution in [1.29, 1.82) is 0 Å². The second-order valence-corrected chi connectivity index (χ2v) is 4.93. The molecule has 6 heteroatoms. The first-order valence-corrected chi connectivity index (χ1v) is 6.56. The summed E-state index contributed by atoms with van der Waals surface area (Å²) in [6.45, 7) is 1.67. The molecule has 20 heavy (non-hydrogen) atoms. The summed E-state index contributed by atoms with van der Waals surface area (Å²) in [5.41, 5.74) is 0.690. The average molecular weight is 273 g/mol. The molecule has 1 fully saturated rings. The molecule has 3 rings (SSSR count). The van der Waals surface area contributed by atoms with Crippen molar-refractivity contribution < 1.29 is 14.4 Å². The summed E-state index contributed by atoms with van der Waals surface area (Å²) in [4.78, 5) is 15.0. The highest BCUT2D eigenvalue weighted by molar-refractivity contribution is 5.82. The third-order valence-corrected chi connectivity index (χ3v) is 3.81. The zero-order valence-electron chi connectivity index (χ0n) is 10.9. The molecule has 1 aliphatic heterocycles. The van der Waals surface area contributed by atoms with Crippen LogP contribution in [0.25, 0.3) is 0 Å². The van der Waals surface area contributed by atoms with E-state index in [1.807, 2.05) is 30.3 Å². The van der Waals surface area contributed by atoms with Gasteiger partial charge >= 0.3 is 5.97 Å². The van der Waals surface area contributed by atoms with Crippen molar-refractivity contribution in [2.24, 2.45) is 0 Å². The maximum Gasteiger partial charge on any atom is 0.377 e. The molecule has 0 saturated carbocycles. The van der Waals surface area contributed by atoms with Gasteiger partial charge in [-0.1, -0.05) is 30.3 Å². The highest BCUT2D eigenvalue weighted by atomic mass is 16.5. The van der Waals surface area contributed by atoms with Crippen molar-refractivity contribution in [1.82, 2.24) is 15.5 Å². The summed E-state index contributed by atoms with van der Waals surface area (Å²) >= 11 is 0. The number of carboxylic acids is 1. The summed E-state index contributed by atoms with van der Waals surface area (Å²) < 4.78 is 5.25. The second-order valence-electron chi connectivity index (χ2n) is 4.93. The van der Waals surface area contributed by atoms with Crippen LogP contribution >= 0.6 is 0 Å². The average Bonchev–Trinajstić information content (AvgIpc) is 2.99. The third kappa shape index (κ3) is 2.08. The SMILES string of the molecule is O=C(O)c1noc(C2(c3ccccc3)CCNCC2)n1. The van der Waals surface area contributed by atoms with E-state index in [1.165, 1.54) is 0 Å². The monoisotopic (exact) mass is 273 g/mol. The van der Waals surface area contributed by atoms with Gasteiger partial charge in [-0.2, -0.15) is 4.98 Å². The highest BCUT2D eigenvalue weighted by Gasteiger charge is 2.41. The Hall–Kier alpha value is -2.21.